The molecule has 0 aliphatic heterocycles. The van der Waals surface area contributed by atoms with Crippen LogP contribution in [0.3, 0.4) is 0 Å². The van der Waals surface area contributed by atoms with Crippen molar-refractivity contribution >= 4 is 11.8 Å². The molecule has 0 heterocycles. The zero-order valence-corrected chi connectivity index (χ0v) is 14.6. The third kappa shape index (κ3) is 5.41. The first-order valence-corrected chi connectivity index (χ1v) is 8.42. The van der Waals surface area contributed by atoms with Crippen molar-refractivity contribution in [1.29, 1.82) is 0 Å². The van der Waals surface area contributed by atoms with Gasteiger partial charge in [0.1, 0.15) is 5.82 Å². The summed E-state index contributed by atoms with van der Waals surface area (Å²) in [4.78, 5) is 26.1. The molecule has 0 aliphatic rings. The van der Waals surface area contributed by atoms with Crippen LogP contribution in [0.2, 0.25) is 0 Å². The number of likely N-dealkylation sites (N-methyl/N-ethyl adjacent to an activating group) is 1. The van der Waals surface area contributed by atoms with Crippen LogP contribution in [0.1, 0.15) is 35.3 Å². The minimum absolute atomic E-state index is 0.00788. The van der Waals surface area contributed by atoms with Crippen LogP contribution >= 0.6 is 0 Å². The van der Waals surface area contributed by atoms with Crippen LogP contribution in [0.5, 0.6) is 0 Å². The Kier molecular flexibility index (Phi) is 6.69. The molecule has 2 rings (SSSR count). The van der Waals surface area contributed by atoms with Crippen molar-refractivity contribution in [1.82, 2.24) is 10.2 Å². The number of carbonyl (C=O) groups excluding carboxylic acids is 2. The zero-order chi connectivity index (χ0) is 18.2. The quantitative estimate of drug-likeness (QED) is 0.840. The molecule has 2 aromatic rings. The molecule has 2 amide bonds. The average Bonchev–Trinajstić information content (AvgIpc) is 2.65. The number of rotatable bonds is 7. The van der Waals surface area contributed by atoms with E-state index in [2.05, 4.69) is 12.2 Å². The number of hydrogen-bond acceptors (Lipinski definition) is 2. The van der Waals surface area contributed by atoms with Crippen LogP contribution in [0, 0.1) is 5.82 Å². The predicted molar refractivity (Wildman–Crippen MR) is 95.6 cm³/mol. The summed E-state index contributed by atoms with van der Waals surface area (Å²) < 4.78 is 12.9. The summed E-state index contributed by atoms with van der Waals surface area (Å²) in [6.45, 7) is 4.63. The van der Waals surface area contributed by atoms with Gasteiger partial charge in [-0.25, -0.2) is 4.39 Å². The largest absolute Gasteiger partial charge is 0.350 e. The Morgan fingerprint density at radius 1 is 0.960 bits per heavy atom. The summed E-state index contributed by atoms with van der Waals surface area (Å²) in [6.07, 6.45) is 0.914. The van der Waals surface area contributed by atoms with Gasteiger partial charge in [-0.3, -0.25) is 9.59 Å². The maximum atomic E-state index is 12.9. The number of carbonyl (C=O) groups is 2. The highest BCUT2D eigenvalue weighted by Crippen LogP contribution is 2.08. The van der Waals surface area contributed by atoms with Gasteiger partial charge in [-0.1, -0.05) is 31.2 Å². The molecule has 0 fully saturated rings. The van der Waals surface area contributed by atoms with E-state index >= 15 is 0 Å². The lowest BCUT2D eigenvalue weighted by molar-refractivity contribution is -0.121. The van der Waals surface area contributed by atoms with Gasteiger partial charge in [-0.2, -0.15) is 0 Å². The second-order valence-electron chi connectivity index (χ2n) is 5.77. The van der Waals surface area contributed by atoms with E-state index in [1.165, 1.54) is 17.0 Å². The minimum atomic E-state index is -0.313. The fraction of sp³-hybridized carbons (Fsp3) is 0.300. The molecular formula is C20H23FN2O2. The topological polar surface area (TPSA) is 49.4 Å². The highest BCUT2D eigenvalue weighted by molar-refractivity contribution is 5.96. The molecule has 4 nitrogen and oxygen atoms in total. The van der Waals surface area contributed by atoms with E-state index in [0.717, 1.165) is 17.5 Å². The lowest BCUT2D eigenvalue weighted by Crippen LogP contribution is -2.40. The summed E-state index contributed by atoms with van der Waals surface area (Å²) in [5, 5.41) is 2.75. The van der Waals surface area contributed by atoms with Gasteiger partial charge < -0.3 is 10.2 Å². The van der Waals surface area contributed by atoms with E-state index in [-0.39, 0.29) is 24.2 Å². The molecule has 132 valence electrons. The molecule has 0 bridgehead atoms. The molecule has 0 atom stereocenters. The van der Waals surface area contributed by atoms with Crippen LogP contribution in [0.15, 0.2) is 48.5 Å². The number of hydrogen-bond donors (Lipinski definition) is 1. The molecule has 0 saturated heterocycles. The fourth-order valence-electron chi connectivity index (χ4n) is 2.42. The van der Waals surface area contributed by atoms with Crippen molar-refractivity contribution in [2.24, 2.45) is 0 Å². The number of aryl methyl sites for hydroxylation is 1. The summed E-state index contributed by atoms with van der Waals surface area (Å²) in [6, 6.07) is 13.4. The highest BCUT2D eigenvalue weighted by Gasteiger charge is 2.17. The van der Waals surface area contributed by atoms with Gasteiger partial charge in [0.25, 0.3) is 5.91 Å². The van der Waals surface area contributed by atoms with Gasteiger partial charge in [0.15, 0.2) is 0 Å². The van der Waals surface area contributed by atoms with Gasteiger partial charge in [0.2, 0.25) is 5.91 Å². The SMILES string of the molecule is CCc1ccc(C(=O)N(CC)CC(=O)NCc2ccc(F)cc2)cc1. The molecule has 5 heteroatoms. The zero-order valence-electron chi connectivity index (χ0n) is 14.6. The van der Waals surface area contributed by atoms with Crippen molar-refractivity contribution in [3.8, 4) is 0 Å². The standard InChI is InChI=1S/C20H23FN2O2/c1-3-15-5-9-17(10-6-15)20(25)23(4-2)14-19(24)22-13-16-7-11-18(21)12-8-16/h5-12H,3-4,13-14H2,1-2H3,(H,22,24). The van der Waals surface area contributed by atoms with E-state index in [1.54, 1.807) is 24.3 Å². The van der Waals surface area contributed by atoms with E-state index in [1.807, 2.05) is 19.1 Å². The van der Waals surface area contributed by atoms with Gasteiger partial charge in [-0.05, 0) is 48.7 Å². The molecule has 0 aliphatic carbocycles. The van der Waals surface area contributed by atoms with Gasteiger partial charge >= 0.3 is 0 Å². The molecule has 0 saturated carbocycles. The van der Waals surface area contributed by atoms with Crippen LogP contribution in [0.4, 0.5) is 4.39 Å². The van der Waals surface area contributed by atoms with E-state index in [4.69, 9.17) is 0 Å². The van der Waals surface area contributed by atoms with Crippen molar-refractivity contribution in [2.45, 2.75) is 26.8 Å². The normalized spacial score (nSPS) is 10.4. The van der Waals surface area contributed by atoms with Gasteiger partial charge in [0.05, 0.1) is 6.54 Å². The minimum Gasteiger partial charge on any atom is -0.350 e. The fourth-order valence-corrected chi connectivity index (χ4v) is 2.42. The molecule has 0 unspecified atom stereocenters. The number of nitrogens with one attached hydrogen (secondary N) is 1. The number of amides is 2. The Balaban J connectivity index is 1.91. The van der Waals surface area contributed by atoms with Crippen LogP contribution in [-0.2, 0) is 17.8 Å². The third-order valence-electron chi connectivity index (χ3n) is 4.02. The number of benzene rings is 2. The van der Waals surface area contributed by atoms with Crippen molar-refractivity contribution in [3.63, 3.8) is 0 Å². The Morgan fingerprint density at radius 3 is 2.12 bits per heavy atom. The average molecular weight is 342 g/mol. The van der Waals surface area contributed by atoms with Crippen LogP contribution in [-0.4, -0.2) is 29.8 Å². The van der Waals surface area contributed by atoms with E-state index < -0.39 is 0 Å². The Bertz CT molecular complexity index is 711. The van der Waals surface area contributed by atoms with Crippen LogP contribution in [0.25, 0.3) is 0 Å². The second-order valence-corrected chi connectivity index (χ2v) is 5.77. The predicted octanol–water partition coefficient (Wildman–Crippen LogP) is 3.17. The van der Waals surface area contributed by atoms with Crippen molar-refractivity contribution < 1.29 is 14.0 Å². The number of halogens is 1. The molecule has 25 heavy (non-hydrogen) atoms. The Labute approximate surface area is 147 Å². The summed E-state index contributed by atoms with van der Waals surface area (Å²) in [5.41, 5.74) is 2.54. The summed E-state index contributed by atoms with van der Waals surface area (Å²) in [5.74, 6) is -0.723. The maximum absolute atomic E-state index is 12.9. The van der Waals surface area contributed by atoms with E-state index in [9.17, 15) is 14.0 Å². The molecule has 1 N–H and O–H groups in total. The molecule has 0 radical (unpaired) electrons. The Hall–Kier alpha value is -2.69. The first-order valence-electron chi connectivity index (χ1n) is 8.42. The van der Waals surface area contributed by atoms with Crippen molar-refractivity contribution in [3.05, 3.63) is 71.0 Å². The van der Waals surface area contributed by atoms with E-state index in [0.29, 0.717) is 18.7 Å². The molecule has 2 aromatic carbocycles. The van der Waals surface area contributed by atoms with Gasteiger partial charge in [0, 0.05) is 18.7 Å². The highest BCUT2D eigenvalue weighted by atomic mass is 19.1. The second kappa shape index (κ2) is 8.97. The first kappa shape index (κ1) is 18.6. The smallest absolute Gasteiger partial charge is 0.254 e. The monoisotopic (exact) mass is 342 g/mol. The third-order valence-corrected chi connectivity index (χ3v) is 4.02. The molecule has 0 spiro atoms. The van der Waals surface area contributed by atoms with Gasteiger partial charge in [-0.15, -0.1) is 0 Å². The maximum Gasteiger partial charge on any atom is 0.254 e. The Morgan fingerprint density at radius 2 is 1.56 bits per heavy atom. The molecule has 0 aromatic heterocycles. The summed E-state index contributed by atoms with van der Waals surface area (Å²) in [7, 11) is 0. The lowest BCUT2D eigenvalue weighted by Gasteiger charge is -2.20. The molecular weight excluding hydrogens is 319 g/mol. The lowest BCUT2D eigenvalue weighted by atomic mass is 10.1. The number of nitrogens with zero attached hydrogens (tertiary/aromatic N) is 1. The summed E-state index contributed by atoms with van der Waals surface area (Å²) >= 11 is 0. The first-order chi connectivity index (χ1) is 12.0. The van der Waals surface area contributed by atoms with Crippen molar-refractivity contribution in [2.75, 3.05) is 13.1 Å². The van der Waals surface area contributed by atoms with Crippen LogP contribution < -0.4 is 5.32 Å².